The maximum absolute atomic E-state index is 6.31. The number of nitrogens with zero attached hydrogens (tertiary/aromatic N) is 2. The number of pyridine rings is 2. The van der Waals surface area contributed by atoms with Gasteiger partial charge in [0, 0.05) is 64.8 Å². The van der Waals surface area contributed by atoms with E-state index in [9.17, 15) is 0 Å². The molecule has 3 aromatic heterocycles. The summed E-state index contributed by atoms with van der Waals surface area (Å²) in [7, 11) is 1.64. The molecule has 0 saturated carbocycles. The standard InChI is InChI=1S/C28H25ClN4O2/c1-34-22-15-25-23(28(16-22)35-18-19-6-2-3-8-24(19)29)17-27(33-25)26-14-21(10-13-32-26)31-12-9-20-7-4-5-11-30-20/h2-8,10-11,13-17,33H,9,12,18H2,1H3,(H,31,32). The van der Waals surface area contributed by atoms with Crippen LogP contribution in [0.5, 0.6) is 11.5 Å². The summed E-state index contributed by atoms with van der Waals surface area (Å²) in [5.41, 5.74) is 5.61. The normalized spacial score (nSPS) is 10.9. The number of H-pyrrole nitrogens is 1. The molecule has 0 aliphatic heterocycles. The summed E-state index contributed by atoms with van der Waals surface area (Å²) < 4.78 is 11.7. The topological polar surface area (TPSA) is 72.1 Å². The molecule has 0 atom stereocenters. The van der Waals surface area contributed by atoms with E-state index in [1.807, 2.05) is 72.9 Å². The number of hydrogen-bond donors (Lipinski definition) is 2. The Morgan fingerprint density at radius 3 is 2.66 bits per heavy atom. The maximum Gasteiger partial charge on any atom is 0.132 e. The van der Waals surface area contributed by atoms with Gasteiger partial charge in [-0.3, -0.25) is 9.97 Å². The number of anilines is 1. The van der Waals surface area contributed by atoms with Gasteiger partial charge in [-0.15, -0.1) is 0 Å². The van der Waals surface area contributed by atoms with Crippen LogP contribution in [-0.2, 0) is 13.0 Å². The van der Waals surface area contributed by atoms with Crippen molar-refractivity contribution in [1.29, 1.82) is 0 Å². The lowest BCUT2D eigenvalue weighted by atomic mass is 10.2. The first-order valence-electron chi connectivity index (χ1n) is 11.4. The summed E-state index contributed by atoms with van der Waals surface area (Å²) >= 11 is 6.31. The van der Waals surface area contributed by atoms with Gasteiger partial charge < -0.3 is 19.8 Å². The molecule has 3 heterocycles. The van der Waals surface area contributed by atoms with Crippen LogP contribution >= 0.6 is 11.6 Å². The molecule has 0 amide bonds. The number of aromatic nitrogens is 3. The molecule has 0 fully saturated rings. The Hall–Kier alpha value is -4.03. The van der Waals surface area contributed by atoms with Crippen LogP contribution in [0.2, 0.25) is 5.02 Å². The number of aromatic amines is 1. The second-order valence-electron chi connectivity index (χ2n) is 8.08. The van der Waals surface area contributed by atoms with E-state index in [-0.39, 0.29) is 0 Å². The minimum Gasteiger partial charge on any atom is -0.497 e. The summed E-state index contributed by atoms with van der Waals surface area (Å²) in [5, 5.41) is 5.09. The highest BCUT2D eigenvalue weighted by Crippen LogP contribution is 2.35. The molecule has 7 heteroatoms. The van der Waals surface area contributed by atoms with Crippen LogP contribution < -0.4 is 14.8 Å². The molecule has 0 unspecified atom stereocenters. The van der Waals surface area contributed by atoms with Crippen LogP contribution in [0, 0.1) is 0 Å². The van der Waals surface area contributed by atoms with Crippen molar-refractivity contribution in [3.63, 3.8) is 0 Å². The lowest BCUT2D eigenvalue weighted by molar-refractivity contribution is 0.307. The van der Waals surface area contributed by atoms with Crippen molar-refractivity contribution in [3.8, 4) is 22.9 Å². The molecule has 5 rings (SSSR count). The molecule has 2 aromatic carbocycles. The van der Waals surface area contributed by atoms with Gasteiger partial charge in [-0.05, 0) is 36.4 Å². The average molecular weight is 485 g/mol. The van der Waals surface area contributed by atoms with Gasteiger partial charge in [0.25, 0.3) is 0 Å². The minimum absolute atomic E-state index is 0.358. The molecule has 2 N–H and O–H groups in total. The van der Waals surface area contributed by atoms with E-state index in [0.29, 0.717) is 23.1 Å². The highest BCUT2D eigenvalue weighted by atomic mass is 35.5. The number of rotatable bonds is 9. The third-order valence-corrected chi connectivity index (χ3v) is 6.09. The lowest BCUT2D eigenvalue weighted by Crippen LogP contribution is -2.06. The Morgan fingerprint density at radius 2 is 1.83 bits per heavy atom. The van der Waals surface area contributed by atoms with Gasteiger partial charge in [0.05, 0.1) is 24.0 Å². The minimum atomic E-state index is 0.358. The zero-order valence-corrected chi connectivity index (χ0v) is 20.0. The molecular formula is C28H25ClN4O2. The van der Waals surface area contributed by atoms with Crippen LogP contribution in [0.4, 0.5) is 5.69 Å². The molecule has 0 radical (unpaired) electrons. The number of nitrogens with one attached hydrogen (secondary N) is 2. The Morgan fingerprint density at radius 1 is 0.943 bits per heavy atom. The van der Waals surface area contributed by atoms with Gasteiger partial charge in [0.2, 0.25) is 0 Å². The van der Waals surface area contributed by atoms with E-state index >= 15 is 0 Å². The first kappa shape index (κ1) is 22.7. The average Bonchev–Trinajstić information content (AvgIpc) is 3.33. The van der Waals surface area contributed by atoms with Gasteiger partial charge in [-0.2, -0.15) is 0 Å². The smallest absolute Gasteiger partial charge is 0.132 e. The van der Waals surface area contributed by atoms with Crippen molar-refractivity contribution in [2.24, 2.45) is 0 Å². The highest BCUT2D eigenvalue weighted by Gasteiger charge is 2.13. The number of fused-ring (bicyclic) bond motifs is 1. The van der Waals surface area contributed by atoms with Crippen molar-refractivity contribution in [1.82, 2.24) is 15.0 Å². The van der Waals surface area contributed by atoms with E-state index in [2.05, 4.69) is 26.3 Å². The van der Waals surface area contributed by atoms with Crippen molar-refractivity contribution < 1.29 is 9.47 Å². The van der Waals surface area contributed by atoms with Crippen LogP contribution in [0.1, 0.15) is 11.3 Å². The Bertz CT molecular complexity index is 1440. The fraction of sp³-hybridized carbons (Fsp3) is 0.143. The summed E-state index contributed by atoms with van der Waals surface area (Å²) in [6.45, 7) is 1.14. The summed E-state index contributed by atoms with van der Waals surface area (Å²) in [6.07, 6.45) is 4.47. The largest absolute Gasteiger partial charge is 0.497 e. The monoisotopic (exact) mass is 484 g/mol. The van der Waals surface area contributed by atoms with E-state index in [4.69, 9.17) is 21.1 Å². The molecule has 0 aliphatic carbocycles. The third-order valence-electron chi connectivity index (χ3n) is 5.72. The van der Waals surface area contributed by atoms with E-state index in [1.165, 1.54) is 0 Å². The molecule has 35 heavy (non-hydrogen) atoms. The number of methoxy groups -OCH3 is 1. The summed E-state index contributed by atoms with van der Waals surface area (Å²) in [4.78, 5) is 12.4. The van der Waals surface area contributed by atoms with Gasteiger partial charge in [0.15, 0.2) is 0 Å². The Labute approximate surface area is 208 Å². The van der Waals surface area contributed by atoms with Crippen molar-refractivity contribution in [2.75, 3.05) is 19.0 Å². The Kier molecular flexibility index (Phi) is 6.82. The first-order chi connectivity index (χ1) is 17.2. The maximum atomic E-state index is 6.31. The molecule has 0 saturated heterocycles. The fourth-order valence-corrected chi connectivity index (χ4v) is 4.08. The van der Waals surface area contributed by atoms with Crippen molar-refractivity contribution in [3.05, 3.63) is 101 Å². The predicted molar refractivity (Wildman–Crippen MR) is 140 cm³/mol. The second-order valence-corrected chi connectivity index (χ2v) is 8.48. The Balaban J connectivity index is 1.37. The fourth-order valence-electron chi connectivity index (χ4n) is 3.89. The summed E-state index contributed by atoms with van der Waals surface area (Å²) in [6, 6.07) is 23.5. The molecule has 6 nitrogen and oxygen atoms in total. The van der Waals surface area contributed by atoms with E-state index < -0.39 is 0 Å². The summed E-state index contributed by atoms with van der Waals surface area (Å²) in [5.74, 6) is 1.42. The van der Waals surface area contributed by atoms with E-state index in [1.54, 1.807) is 13.3 Å². The van der Waals surface area contributed by atoms with Gasteiger partial charge >= 0.3 is 0 Å². The number of benzene rings is 2. The quantitative estimate of drug-likeness (QED) is 0.249. The van der Waals surface area contributed by atoms with Gasteiger partial charge in [0.1, 0.15) is 18.1 Å². The van der Waals surface area contributed by atoms with E-state index in [0.717, 1.165) is 52.2 Å². The van der Waals surface area contributed by atoms with Crippen LogP contribution in [0.3, 0.4) is 0 Å². The van der Waals surface area contributed by atoms with Crippen LogP contribution in [-0.4, -0.2) is 28.6 Å². The SMILES string of the molecule is COc1cc(OCc2ccccc2Cl)c2cc(-c3cc(NCCc4ccccn4)ccn3)[nH]c2c1. The van der Waals surface area contributed by atoms with Crippen molar-refractivity contribution in [2.45, 2.75) is 13.0 Å². The lowest BCUT2D eigenvalue weighted by Gasteiger charge is -2.10. The highest BCUT2D eigenvalue weighted by molar-refractivity contribution is 6.31. The third kappa shape index (κ3) is 5.39. The van der Waals surface area contributed by atoms with Crippen LogP contribution in [0.15, 0.2) is 85.2 Å². The van der Waals surface area contributed by atoms with Crippen LogP contribution in [0.25, 0.3) is 22.3 Å². The molecule has 0 aliphatic rings. The zero-order chi connectivity index (χ0) is 24.0. The van der Waals surface area contributed by atoms with Gasteiger partial charge in [-0.25, -0.2) is 0 Å². The first-order valence-corrected chi connectivity index (χ1v) is 11.7. The molecule has 0 spiro atoms. The molecule has 0 bridgehead atoms. The molecule has 5 aromatic rings. The number of hydrogen-bond acceptors (Lipinski definition) is 5. The van der Waals surface area contributed by atoms with Gasteiger partial charge in [-0.1, -0.05) is 35.9 Å². The molecular weight excluding hydrogens is 460 g/mol. The predicted octanol–water partition coefficient (Wildman–Crippen LogP) is 6.52. The number of ether oxygens (including phenoxy) is 2. The molecule has 176 valence electrons. The van der Waals surface area contributed by atoms with Crippen molar-refractivity contribution >= 4 is 28.2 Å². The number of halogens is 1. The second kappa shape index (κ2) is 10.5. The zero-order valence-electron chi connectivity index (χ0n) is 19.3.